The molecule has 0 saturated carbocycles. The number of carbonyl (C=O) groups excluding carboxylic acids is 1. The fourth-order valence-corrected chi connectivity index (χ4v) is 5.55. The summed E-state index contributed by atoms with van der Waals surface area (Å²) in [4.78, 5) is 22.8. The Labute approximate surface area is 208 Å². The molecule has 2 aliphatic heterocycles. The number of aromatic amines is 1. The van der Waals surface area contributed by atoms with Gasteiger partial charge in [-0.1, -0.05) is 41.4 Å². The molecule has 1 amide bonds. The van der Waals surface area contributed by atoms with E-state index < -0.39 is 11.7 Å². The maximum atomic E-state index is 13.4. The van der Waals surface area contributed by atoms with Crippen LogP contribution in [0.4, 0.5) is 0 Å². The smallest absolute Gasteiger partial charge is 0.263 e. The van der Waals surface area contributed by atoms with Gasteiger partial charge in [0.25, 0.3) is 5.91 Å². The molecule has 0 radical (unpaired) electrons. The Kier molecular flexibility index (Phi) is 5.31. The van der Waals surface area contributed by atoms with Crippen molar-refractivity contribution in [3.63, 3.8) is 0 Å². The Bertz CT molecular complexity index is 1420. The van der Waals surface area contributed by atoms with Crippen molar-refractivity contribution in [1.29, 1.82) is 0 Å². The number of rotatable bonds is 3. The van der Waals surface area contributed by atoms with Gasteiger partial charge < -0.3 is 19.7 Å². The third-order valence-corrected chi connectivity index (χ3v) is 7.53. The van der Waals surface area contributed by atoms with Crippen LogP contribution in [-0.4, -0.2) is 45.1 Å². The predicted molar refractivity (Wildman–Crippen MR) is 136 cm³/mol. The molecule has 2 aromatic carbocycles. The summed E-state index contributed by atoms with van der Waals surface area (Å²) in [6.07, 6.45) is 4.48. The van der Waals surface area contributed by atoms with Gasteiger partial charge in [-0.15, -0.1) is 0 Å². The molecule has 2 aromatic heterocycles. The van der Waals surface area contributed by atoms with Crippen LogP contribution >= 0.6 is 11.6 Å². The van der Waals surface area contributed by atoms with E-state index in [4.69, 9.17) is 16.3 Å². The third kappa shape index (κ3) is 3.87. The Balaban J connectivity index is 1.22. The van der Waals surface area contributed by atoms with E-state index in [9.17, 15) is 9.90 Å². The second-order valence-electron chi connectivity index (χ2n) is 9.57. The first-order chi connectivity index (χ1) is 16.9. The number of ether oxygens (including phenoxy) is 1. The lowest BCUT2D eigenvalue weighted by atomic mass is 9.84. The fourth-order valence-electron chi connectivity index (χ4n) is 5.31. The number of aryl methyl sites for hydroxylation is 1. The first-order valence-electron chi connectivity index (χ1n) is 11.9. The van der Waals surface area contributed by atoms with Gasteiger partial charge in [-0.3, -0.25) is 4.79 Å². The van der Waals surface area contributed by atoms with E-state index >= 15 is 0 Å². The largest absolute Gasteiger partial charge is 0.479 e. The molecule has 0 bridgehead atoms. The van der Waals surface area contributed by atoms with Crippen molar-refractivity contribution in [2.45, 2.75) is 37.9 Å². The lowest BCUT2D eigenvalue weighted by molar-refractivity contribution is -0.142. The first-order valence-corrected chi connectivity index (χ1v) is 12.3. The number of nitrogens with zero attached hydrogens (tertiary/aromatic N) is 2. The fraction of sp³-hybridized carbons (Fsp3) is 0.286. The zero-order valence-electron chi connectivity index (χ0n) is 19.4. The molecule has 6 rings (SSSR count). The minimum atomic E-state index is -0.909. The number of nitrogens with one attached hydrogen (secondary N) is 1. The first kappa shape index (κ1) is 22.1. The van der Waals surface area contributed by atoms with E-state index in [-0.39, 0.29) is 5.91 Å². The molecule has 178 valence electrons. The second-order valence-corrected chi connectivity index (χ2v) is 10.0. The van der Waals surface area contributed by atoms with E-state index in [1.54, 1.807) is 6.20 Å². The molecule has 1 unspecified atom stereocenters. The maximum absolute atomic E-state index is 13.4. The molecular formula is C28H26ClN3O3. The number of halogens is 1. The number of aliphatic hydroxyl groups is 1. The molecule has 1 atom stereocenters. The summed E-state index contributed by atoms with van der Waals surface area (Å²) in [6.45, 7) is 3.01. The molecule has 0 aliphatic carbocycles. The number of amides is 1. The van der Waals surface area contributed by atoms with E-state index in [2.05, 4.69) is 9.97 Å². The monoisotopic (exact) mass is 487 g/mol. The summed E-state index contributed by atoms with van der Waals surface area (Å²) < 4.78 is 6.29. The highest BCUT2D eigenvalue weighted by atomic mass is 35.5. The van der Waals surface area contributed by atoms with Gasteiger partial charge in [0, 0.05) is 53.4 Å². The van der Waals surface area contributed by atoms with E-state index in [1.165, 1.54) is 0 Å². The number of likely N-dealkylation sites (tertiary alicyclic amines) is 1. The van der Waals surface area contributed by atoms with Crippen LogP contribution < -0.4 is 4.74 Å². The lowest BCUT2D eigenvalue weighted by Gasteiger charge is -2.39. The van der Waals surface area contributed by atoms with Gasteiger partial charge in [0.15, 0.2) is 6.10 Å². The molecule has 7 heteroatoms. The average molecular weight is 488 g/mol. The van der Waals surface area contributed by atoms with E-state index in [1.807, 2.05) is 66.6 Å². The summed E-state index contributed by atoms with van der Waals surface area (Å²) in [7, 11) is 0. The minimum Gasteiger partial charge on any atom is -0.479 e. The lowest BCUT2D eigenvalue weighted by Crippen LogP contribution is -2.49. The Morgan fingerprint density at radius 2 is 1.91 bits per heavy atom. The second kappa shape index (κ2) is 8.40. The van der Waals surface area contributed by atoms with Gasteiger partial charge in [0.2, 0.25) is 0 Å². The van der Waals surface area contributed by atoms with Gasteiger partial charge >= 0.3 is 0 Å². The van der Waals surface area contributed by atoms with Crippen molar-refractivity contribution in [2.24, 2.45) is 0 Å². The van der Waals surface area contributed by atoms with Crippen LogP contribution in [0.1, 0.15) is 29.5 Å². The van der Waals surface area contributed by atoms with Crippen LogP contribution in [0.15, 0.2) is 60.9 Å². The molecule has 35 heavy (non-hydrogen) atoms. The van der Waals surface area contributed by atoms with Gasteiger partial charge in [-0.25, -0.2) is 4.98 Å². The summed E-state index contributed by atoms with van der Waals surface area (Å²) in [5, 5.41) is 12.8. The van der Waals surface area contributed by atoms with Crippen molar-refractivity contribution in [3.8, 4) is 16.9 Å². The standard InChI is InChI=1S/C28H26ClN3O3/c1-17-2-4-19(5-3-17)28(34)8-12-32(13-9-28)27(33)24-15-18-14-20(29)16-23(25(18)35-24)21-6-10-30-26-22(21)7-11-31-26/h2-7,10-11,14,16,24,34H,8-9,12-13,15H2,1H3,(H,30,31). The molecule has 1 fully saturated rings. The van der Waals surface area contributed by atoms with Gasteiger partial charge in [0.05, 0.1) is 5.60 Å². The van der Waals surface area contributed by atoms with Crippen molar-refractivity contribution in [2.75, 3.05) is 13.1 Å². The van der Waals surface area contributed by atoms with Crippen LogP contribution in [-0.2, 0) is 16.8 Å². The summed E-state index contributed by atoms with van der Waals surface area (Å²) in [6, 6.07) is 15.7. The van der Waals surface area contributed by atoms with Crippen LogP contribution in [0.5, 0.6) is 5.75 Å². The Hall–Kier alpha value is -3.35. The number of piperidine rings is 1. The molecule has 2 N–H and O–H groups in total. The quantitative estimate of drug-likeness (QED) is 0.426. The normalized spacial score (nSPS) is 18.9. The third-order valence-electron chi connectivity index (χ3n) is 7.31. The highest BCUT2D eigenvalue weighted by molar-refractivity contribution is 6.31. The molecule has 0 spiro atoms. The summed E-state index contributed by atoms with van der Waals surface area (Å²) in [5.41, 5.74) is 4.70. The number of hydrogen-bond donors (Lipinski definition) is 2. The molecule has 4 aromatic rings. The highest BCUT2D eigenvalue weighted by Gasteiger charge is 2.40. The highest BCUT2D eigenvalue weighted by Crippen LogP contribution is 2.43. The van der Waals surface area contributed by atoms with Crippen molar-refractivity contribution < 1.29 is 14.6 Å². The molecule has 6 nitrogen and oxygen atoms in total. The van der Waals surface area contributed by atoms with Crippen molar-refractivity contribution in [3.05, 3.63) is 82.6 Å². The zero-order valence-corrected chi connectivity index (χ0v) is 20.2. The number of carbonyl (C=O) groups is 1. The number of fused-ring (bicyclic) bond motifs is 2. The Morgan fingerprint density at radius 3 is 2.69 bits per heavy atom. The van der Waals surface area contributed by atoms with Gasteiger partial charge in [0.1, 0.15) is 11.4 Å². The van der Waals surface area contributed by atoms with Crippen molar-refractivity contribution in [1.82, 2.24) is 14.9 Å². The van der Waals surface area contributed by atoms with Crippen LogP contribution in [0.3, 0.4) is 0 Å². The van der Waals surface area contributed by atoms with Gasteiger partial charge in [-0.2, -0.15) is 0 Å². The topological polar surface area (TPSA) is 78.5 Å². The van der Waals surface area contributed by atoms with Crippen molar-refractivity contribution >= 4 is 28.5 Å². The molecular weight excluding hydrogens is 462 g/mol. The number of hydrogen-bond acceptors (Lipinski definition) is 4. The number of aromatic nitrogens is 2. The zero-order chi connectivity index (χ0) is 24.2. The number of benzene rings is 2. The maximum Gasteiger partial charge on any atom is 0.263 e. The van der Waals surface area contributed by atoms with Crippen LogP contribution in [0.2, 0.25) is 5.02 Å². The summed E-state index contributed by atoms with van der Waals surface area (Å²) in [5.74, 6) is 0.658. The predicted octanol–water partition coefficient (Wildman–Crippen LogP) is 5.01. The summed E-state index contributed by atoms with van der Waals surface area (Å²) >= 11 is 6.48. The average Bonchev–Trinajstić information content (AvgIpc) is 3.51. The molecule has 4 heterocycles. The van der Waals surface area contributed by atoms with Crippen LogP contribution in [0, 0.1) is 6.92 Å². The van der Waals surface area contributed by atoms with E-state index in [0.717, 1.165) is 38.9 Å². The SMILES string of the molecule is Cc1ccc(C2(O)CCN(C(=O)C3Cc4cc(Cl)cc(-c5ccnc6[nH]ccc56)c4O3)CC2)cc1. The minimum absolute atomic E-state index is 0.0456. The molecule has 1 saturated heterocycles. The Morgan fingerprint density at radius 1 is 1.14 bits per heavy atom. The molecule has 2 aliphatic rings. The van der Waals surface area contributed by atoms with Gasteiger partial charge in [-0.05, 0) is 55.2 Å². The number of H-pyrrole nitrogens is 1. The van der Waals surface area contributed by atoms with E-state index in [0.29, 0.717) is 43.1 Å². The number of pyridine rings is 1. The van der Waals surface area contributed by atoms with Crippen LogP contribution in [0.25, 0.3) is 22.2 Å².